The standard InChI is InChI=1S/C18H18N2S/c1-2-3-6-14-8-10-15(11-9-14)17-13-21-18(20-17)16-7-4-5-12-19-16/h4-5,7-13H,2-3,6H2,1H3. The summed E-state index contributed by atoms with van der Waals surface area (Å²) in [7, 11) is 0. The molecule has 0 saturated carbocycles. The molecular weight excluding hydrogens is 276 g/mol. The molecular formula is C18H18N2S. The van der Waals surface area contributed by atoms with E-state index in [-0.39, 0.29) is 0 Å². The summed E-state index contributed by atoms with van der Waals surface area (Å²) in [5.41, 5.74) is 4.55. The lowest BCUT2D eigenvalue weighted by Crippen LogP contribution is -1.85. The summed E-state index contributed by atoms with van der Waals surface area (Å²) in [5.74, 6) is 0. The average molecular weight is 294 g/mol. The van der Waals surface area contributed by atoms with Gasteiger partial charge in [-0.2, -0.15) is 0 Å². The molecule has 0 radical (unpaired) electrons. The van der Waals surface area contributed by atoms with Crippen molar-refractivity contribution >= 4 is 11.3 Å². The van der Waals surface area contributed by atoms with Crippen molar-refractivity contribution in [1.29, 1.82) is 0 Å². The Balaban J connectivity index is 1.80. The number of rotatable bonds is 5. The third kappa shape index (κ3) is 3.37. The van der Waals surface area contributed by atoms with Crippen LogP contribution >= 0.6 is 11.3 Å². The van der Waals surface area contributed by atoms with Crippen LogP contribution in [-0.2, 0) is 6.42 Å². The summed E-state index contributed by atoms with van der Waals surface area (Å²) in [5, 5.41) is 3.08. The van der Waals surface area contributed by atoms with Crippen LogP contribution in [0, 0.1) is 0 Å². The number of benzene rings is 1. The molecule has 0 unspecified atom stereocenters. The van der Waals surface area contributed by atoms with Crippen molar-refractivity contribution in [3.8, 4) is 22.0 Å². The molecule has 2 heterocycles. The molecule has 0 aliphatic rings. The number of nitrogens with zero attached hydrogens (tertiary/aromatic N) is 2. The maximum absolute atomic E-state index is 4.70. The van der Waals surface area contributed by atoms with Crippen LogP contribution in [0.5, 0.6) is 0 Å². The van der Waals surface area contributed by atoms with E-state index in [0.29, 0.717) is 0 Å². The minimum absolute atomic E-state index is 0.938. The van der Waals surface area contributed by atoms with Gasteiger partial charge in [-0.25, -0.2) is 4.98 Å². The lowest BCUT2D eigenvalue weighted by atomic mass is 10.1. The molecule has 0 spiro atoms. The second-order valence-corrected chi connectivity index (χ2v) is 5.91. The minimum atomic E-state index is 0.938. The van der Waals surface area contributed by atoms with Gasteiger partial charge in [-0.15, -0.1) is 11.3 Å². The highest BCUT2D eigenvalue weighted by Crippen LogP contribution is 2.27. The Labute approximate surface area is 129 Å². The zero-order valence-corrected chi connectivity index (χ0v) is 12.9. The molecule has 106 valence electrons. The van der Waals surface area contributed by atoms with Crippen molar-refractivity contribution in [3.05, 3.63) is 59.6 Å². The predicted octanol–water partition coefficient (Wildman–Crippen LogP) is 5.21. The number of pyridine rings is 1. The Morgan fingerprint density at radius 1 is 1.00 bits per heavy atom. The zero-order valence-electron chi connectivity index (χ0n) is 12.1. The van der Waals surface area contributed by atoms with Gasteiger partial charge in [0, 0.05) is 17.1 Å². The summed E-state index contributed by atoms with van der Waals surface area (Å²) in [6.07, 6.45) is 5.45. The predicted molar refractivity (Wildman–Crippen MR) is 89.4 cm³/mol. The van der Waals surface area contributed by atoms with Crippen molar-refractivity contribution in [2.75, 3.05) is 0 Å². The molecule has 1 aromatic carbocycles. The smallest absolute Gasteiger partial charge is 0.142 e. The van der Waals surface area contributed by atoms with Crippen LogP contribution in [0.3, 0.4) is 0 Å². The molecule has 0 saturated heterocycles. The van der Waals surface area contributed by atoms with Crippen LogP contribution in [0.25, 0.3) is 22.0 Å². The van der Waals surface area contributed by atoms with Gasteiger partial charge in [0.25, 0.3) is 0 Å². The number of hydrogen-bond acceptors (Lipinski definition) is 3. The van der Waals surface area contributed by atoms with E-state index in [2.05, 4.69) is 41.6 Å². The molecule has 0 bridgehead atoms. The fourth-order valence-corrected chi connectivity index (χ4v) is 3.04. The number of unbranched alkanes of at least 4 members (excludes halogenated alkanes) is 1. The lowest BCUT2D eigenvalue weighted by molar-refractivity contribution is 0.795. The molecule has 21 heavy (non-hydrogen) atoms. The monoisotopic (exact) mass is 294 g/mol. The molecule has 3 heteroatoms. The Kier molecular flexibility index (Phi) is 4.41. The first-order valence-corrected chi connectivity index (χ1v) is 8.21. The largest absolute Gasteiger partial charge is 0.254 e. The summed E-state index contributed by atoms with van der Waals surface area (Å²) in [6.45, 7) is 2.22. The number of hydrogen-bond donors (Lipinski definition) is 0. The van der Waals surface area contributed by atoms with Gasteiger partial charge < -0.3 is 0 Å². The topological polar surface area (TPSA) is 25.8 Å². The SMILES string of the molecule is CCCCc1ccc(-c2csc(-c3ccccn3)n2)cc1. The van der Waals surface area contributed by atoms with Crippen LogP contribution in [0.4, 0.5) is 0 Å². The Morgan fingerprint density at radius 3 is 2.57 bits per heavy atom. The maximum atomic E-state index is 4.70. The number of aromatic nitrogens is 2. The van der Waals surface area contributed by atoms with Crippen LogP contribution in [0.1, 0.15) is 25.3 Å². The number of aryl methyl sites for hydroxylation is 1. The van der Waals surface area contributed by atoms with Crippen LogP contribution < -0.4 is 0 Å². The highest BCUT2D eigenvalue weighted by atomic mass is 32.1. The van der Waals surface area contributed by atoms with Crippen molar-refractivity contribution in [2.24, 2.45) is 0 Å². The normalized spacial score (nSPS) is 10.7. The van der Waals surface area contributed by atoms with E-state index in [1.54, 1.807) is 17.5 Å². The first-order valence-electron chi connectivity index (χ1n) is 7.33. The van der Waals surface area contributed by atoms with Gasteiger partial charge >= 0.3 is 0 Å². The second-order valence-electron chi connectivity index (χ2n) is 5.05. The second kappa shape index (κ2) is 6.64. The molecule has 3 aromatic rings. The fourth-order valence-electron chi connectivity index (χ4n) is 2.24. The van der Waals surface area contributed by atoms with E-state index >= 15 is 0 Å². The van der Waals surface area contributed by atoms with E-state index in [4.69, 9.17) is 4.98 Å². The summed E-state index contributed by atoms with van der Waals surface area (Å²) in [4.78, 5) is 9.05. The molecule has 0 aliphatic heterocycles. The van der Waals surface area contributed by atoms with Crippen LogP contribution in [0.2, 0.25) is 0 Å². The van der Waals surface area contributed by atoms with Crippen molar-refractivity contribution in [3.63, 3.8) is 0 Å². The summed E-state index contributed by atoms with van der Waals surface area (Å²) < 4.78 is 0. The quantitative estimate of drug-likeness (QED) is 0.645. The summed E-state index contributed by atoms with van der Waals surface area (Å²) in [6, 6.07) is 14.7. The minimum Gasteiger partial charge on any atom is -0.254 e. The fraction of sp³-hybridized carbons (Fsp3) is 0.222. The van der Waals surface area contributed by atoms with Crippen LogP contribution in [0.15, 0.2) is 54.0 Å². The maximum Gasteiger partial charge on any atom is 0.142 e. The molecule has 0 atom stereocenters. The highest BCUT2D eigenvalue weighted by molar-refractivity contribution is 7.13. The van der Waals surface area contributed by atoms with E-state index in [9.17, 15) is 0 Å². The van der Waals surface area contributed by atoms with Gasteiger partial charge in [0.15, 0.2) is 0 Å². The molecule has 0 amide bonds. The van der Waals surface area contributed by atoms with E-state index in [0.717, 1.165) is 22.8 Å². The Morgan fingerprint density at radius 2 is 1.86 bits per heavy atom. The third-order valence-electron chi connectivity index (χ3n) is 3.46. The van der Waals surface area contributed by atoms with Crippen LogP contribution in [-0.4, -0.2) is 9.97 Å². The molecule has 2 aromatic heterocycles. The van der Waals surface area contributed by atoms with E-state index < -0.39 is 0 Å². The summed E-state index contributed by atoms with van der Waals surface area (Å²) >= 11 is 1.64. The lowest BCUT2D eigenvalue weighted by Gasteiger charge is -2.01. The van der Waals surface area contributed by atoms with Gasteiger partial charge in [0.2, 0.25) is 0 Å². The van der Waals surface area contributed by atoms with Crippen molar-refractivity contribution in [1.82, 2.24) is 9.97 Å². The first-order chi connectivity index (χ1) is 10.4. The molecule has 0 aliphatic carbocycles. The Bertz CT molecular complexity index is 687. The molecule has 0 fully saturated rings. The zero-order chi connectivity index (χ0) is 14.5. The van der Waals surface area contributed by atoms with Gasteiger partial charge in [-0.1, -0.05) is 43.7 Å². The molecule has 3 rings (SSSR count). The van der Waals surface area contributed by atoms with Gasteiger partial charge in [-0.05, 0) is 30.5 Å². The molecule has 0 N–H and O–H groups in total. The van der Waals surface area contributed by atoms with Gasteiger partial charge in [0.1, 0.15) is 5.01 Å². The first kappa shape index (κ1) is 14.0. The van der Waals surface area contributed by atoms with Gasteiger partial charge in [-0.3, -0.25) is 4.98 Å². The number of thiazole rings is 1. The van der Waals surface area contributed by atoms with E-state index in [1.165, 1.54) is 24.0 Å². The Hall–Kier alpha value is -2.00. The van der Waals surface area contributed by atoms with Crippen molar-refractivity contribution < 1.29 is 0 Å². The molecule has 2 nitrogen and oxygen atoms in total. The van der Waals surface area contributed by atoms with E-state index in [1.807, 2.05) is 18.2 Å². The average Bonchev–Trinajstić information content (AvgIpc) is 3.04. The highest BCUT2D eigenvalue weighted by Gasteiger charge is 2.07. The third-order valence-corrected chi connectivity index (χ3v) is 4.32. The van der Waals surface area contributed by atoms with Crippen molar-refractivity contribution in [2.45, 2.75) is 26.2 Å². The van der Waals surface area contributed by atoms with Gasteiger partial charge in [0.05, 0.1) is 11.4 Å².